The fraction of sp³-hybridized carbons (Fsp3) is 0.158. The van der Waals surface area contributed by atoms with E-state index in [1.54, 1.807) is 30.3 Å². The second-order valence-corrected chi connectivity index (χ2v) is 5.57. The molecule has 0 aliphatic heterocycles. The van der Waals surface area contributed by atoms with Crippen molar-refractivity contribution in [2.45, 2.75) is 12.8 Å². The van der Waals surface area contributed by atoms with E-state index < -0.39 is 17.7 Å². The molecule has 0 atom stereocenters. The van der Waals surface area contributed by atoms with E-state index in [1.165, 1.54) is 13.2 Å². The van der Waals surface area contributed by atoms with Crippen molar-refractivity contribution in [3.8, 4) is 17.1 Å². The van der Waals surface area contributed by atoms with Gasteiger partial charge in [-0.15, -0.1) is 0 Å². The molecule has 1 aromatic heterocycles. The zero-order chi connectivity index (χ0) is 19.4. The van der Waals surface area contributed by atoms with Crippen molar-refractivity contribution >= 4 is 5.97 Å². The summed E-state index contributed by atoms with van der Waals surface area (Å²) < 4.78 is 53.5. The third kappa shape index (κ3) is 4.46. The maximum atomic E-state index is 12.7. The zero-order valence-electron chi connectivity index (χ0n) is 14.1. The van der Waals surface area contributed by atoms with Gasteiger partial charge in [-0.05, 0) is 30.3 Å². The number of esters is 1. The van der Waals surface area contributed by atoms with E-state index >= 15 is 0 Å². The number of halogens is 3. The maximum absolute atomic E-state index is 12.7. The summed E-state index contributed by atoms with van der Waals surface area (Å²) in [5.41, 5.74) is -0.0644. The molecule has 2 aromatic carbocycles. The summed E-state index contributed by atoms with van der Waals surface area (Å²) in [6.07, 6.45) is -4.53. The molecule has 0 saturated heterocycles. The first-order valence-electron chi connectivity index (χ1n) is 7.81. The Morgan fingerprint density at radius 3 is 2.63 bits per heavy atom. The number of benzene rings is 2. The fourth-order valence-corrected chi connectivity index (χ4v) is 2.34. The Kier molecular flexibility index (Phi) is 5.16. The number of alkyl halides is 3. The average molecular weight is 377 g/mol. The topological polar surface area (TPSA) is 61.6 Å². The Morgan fingerprint density at radius 2 is 1.89 bits per heavy atom. The van der Waals surface area contributed by atoms with Crippen LogP contribution >= 0.6 is 0 Å². The lowest BCUT2D eigenvalue weighted by Gasteiger charge is -2.08. The number of nitrogens with zero attached hydrogens (tertiary/aromatic N) is 1. The molecular weight excluding hydrogens is 363 g/mol. The standard InChI is InChI=1S/C19H14F3NO4/c1-25-16-7-3-4-12(9-16)17-10-15(23-27-17)11-26-18(24)13-5-2-6-14(8-13)19(20,21)22/h2-10H,11H2,1H3. The van der Waals surface area contributed by atoms with Gasteiger partial charge in [0.25, 0.3) is 0 Å². The van der Waals surface area contributed by atoms with Crippen molar-refractivity contribution in [2.75, 3.05) is 7.11 Å². The maximum Gasteiger partial charge on any atom is 0.416 e. The Balaban J connectivity index is 1.67. The quantitative estimate of drug-likeness (QED) is 0.602. The highest BCUT2D eigenvalue weighted by Crippen LogP contribution is 2.30. The molecule has 140 valence electrons. The summed E-state index contributed by atoms with van der Waals surface area (Å²) in [4.78, 5) is 12.0. The lowest BCUT2D eigenvalue weighted by atomic mass is 10.1. The van der Waals surface area contributed by atoms with Crippen molar-refractivity contribution in [3.63, 3.8) is 0 Å². The van der Waals surface area contributed by atoms with Crippen LogP contribution in [0.5, 0.6) is 5.75 Å². The van der Waals surface area contributed by atoms with E-state index in [1.807, 2.05) is 0 Å². The number of carbonyl (C=O) groups excluding carboxylic acids is 1. The van der Waals surface area contributed by atoms with Crippen LogP contribution in [0.3, 0.4) is 0 Å². The number of rotatable bonds is 5. The Hall–Kier alpha value is -3.29. The molecule has 0 spiro atoms. The fourth-order valence-electron chi connectivity index (χ4n) is 2.34. The van der Waals surface area contributed by atoms with Crippen molar-refractivity contribution in [1.82, 2.24) is 5.16 Å². The summed E-state index contributed by atoms with van der Waals surface area (Å²) in [5.74, 6) is 0.201. The number of ether oxygens (including phenoxy) is 2. The molecule has 0 aliphatic rings. The van der Waals surface area contributed by atoms with Gasteiger partial charge in [-0.3, -0.25) is 0 Å². The molecule has 8 heteroatoms. The lowest BCUT2D eigenvalue weighted by Crippen LogP contribution is -2.09. The van der Waals surface area contributed by atoms with Gasteiger partial charge in [0.1, 0.15) is 18.1 Å². The number of hydrogen-bond acceptors (Lipinski definition) is 5. The molecule has 0 bridgehead atoms. The number of aromatic nitrogens is 1. The van der Waals surface area contributed by atoms with E-state index in [0.29, 0.717) is 17.2 Å². The third-order valence-electron chi connectivity index (χ3n) is 3.69. The summed E-state index contributed by atoms with van der Waals surface area (Å²) in [6.45, 7) is -0.234. The molecule has 0 fully saturated rings. The van der Waals surface area contributed by atoms with Crippen molar-refractivity contribution in [1.29, 1.82) is 0 Å². The smallest absolute Gasteiger partial charge is 0.416 e. The van der Waals surface area contributed by atoms with Crippen LogP contribution in [-0.4, -0.2) is 18.2 Å². The monoisotopic (exact) mass is 377 g/mol. The van der Waals surface area contributed by atoms with E-state index in [4.69, 9.17) is 14.0 Å². The molecule has 27 heavy (non-hydrogen) atoms. The Morgan fingerprint density at radius 1 is 1.11 bits per heavy atom. The zero-order valence-corrected chi connectivity index (χ0v) is 14.1. The Labute approximate surface area is 152 Å². The highest BCUT2D eigenvalue weighted by atomic mass is 19.4. The first-order valence-corrected chi connectivity index (χ1v) is 7.81. The predicted octanol–water partition coefficient (Wildman–Crippen LogP) is 4.73. The van der Waals surface area contributed by atoms with Gasteiger partial charge in [-0.25, -0.2) is 4.79 Å². The summed E-state index contributed by atoms with van der Waals surface area (Å²) in [6, 6.07) is 12.7. The van der Waals surface area contributed by atoms with Crippen molar-refractivity contribution < 1.29 is 32.0 Å². The van der Waals surface area contributed by atoms with Gasteiger partial charge >= 0.3 is 12.1 Å². The minimum atomic E-state index is -4.53. The molecule has 1 heterocycles. The number of hydrogen-bond donors (Lipinski definition) is 0. The Bertz CT molecular complexity index is 950. The molecule has 0 amide bonds. The van der Waals surface area contributed by atoms with Gasteiger partial charge in [-0.2, -0.15) is 13.2 Å². The van der Waals surface area contributed by atoms with Crippen LogP contribution in [0.1, 0.15) is 21.6 Å². The van der Waals surface area contributed by atoms with Gasteiger partial charge in [0, 0.05) is 11.6 Å². The average Bonchev–Trinajstić information content (AvgIpc) is 3.14. The summed E-state index contributed by atoms with van der Waals surface area (Å²) >= 11 is 0. The van der Waals surface area contributed by atoms with Crippen LogP contribution in [0, 0.1) is 0 Å². The first kappa shape index (κ1) is 18.5. The minimum Gasteiger partial charge on any atom is -0.497 e. The van der Waals surface area contributed by atoms with E-state index in [2.05, 4.69) is 5.16 Å². The molecule has 3 aromatic rings. The van der Waals surface area contributed by atoms with Crippen LogP contribution < -0.4 is 4.74 Å². The first-order chi connectivity index (χ1) is 12.9. The highest BCUT2D eigenvalue weighted by molar-refractivity contribution is 5.89. The van der Waals surface area contributed by atoms with Crippen LogP contribution in [0.2, 0.25) is 0 Å². The second-order valence-electron chi connectivity index (χ2n) is 5.57. The van der Waals surface area contributed by atoms with Crippen molar-refractivity contribution in [2.24, 2.45) is 0 Å². The van der Waals surface area contributed by atoms with Crippen LogP contribution in [0.25, 0.3) is 11.3 Å². The highest BCUT2D eigenvalue weighted by Gasteiger charge is 2.31. The molecule has 5 nitrogen and oxygen atoms in total. The van der Waals surface area contributed by atoms with Gasteiger partial charge in [0.2, 0.25) is 0 Å². The molecule has 0 N–H and O–H groups in total. The van der Waals surface area contributed by atoms with Gasteiger partial charge in [0.15, 0.2) is 5.76 Å². The summed E-state index contributed by atoms with van der Waals surface area (Å²) in [5, 5.41) is 3.80. The van der Waals surface area contributed by atoms with Gasteiger partial charge in [0.05, 0.1) is 18.2 Å². The summed E-state index contributed by atoms with van der Waals surface area (Å²) in [7, 11) is 1.54. The van der Waals surface area contributed by atoms with Gasteiger partial charge in [-0.1, -0.05) is 23.4 Å². The second kappa shape index (κ2) is 7.53. The minimum absolute atomic E-state index is 0.193. The predicted molar refractivity (Wildman–Crippen MR) is 89.1 cm³/mol. The SMILES string of the molecule is COc1cccc(-c2cc(COC(=O)c3cccc(C(F)(F)F)c3)no2)c1. The van der Waals surface area contributed by atoms with Crippen molar-refractivity contribution in [3.05, 3.63) is 71.4 Å². The van der Waals surface area contributed by atoms with Crippen LogP contribution in [0.4, 0.5) is 13.2 Å². The number of methoxy groups -OCH3 is 1. The molecular formula is C19H14F3NO4. The molecule has 3 rings (SSSR count). The van der Waals surface area contributed by atoms with Crippen LogP contribution in [0.15, 0.2) is 59.1 Å². The largest absolute Gasteiger partial charge is 0.497 e. The number of carbonyl (C=O) groups is 1. The van der Waals surface area contributed by atoms with E-state index in [0.717, 1.165) is 23.8 Å². The van der Waals surface area contributed by atoms with E-state index in [9.17, 15) is 18.0 Å². The van der Waals surface area contributed by atoms with E-state index in [-0.39, 0.29) is 12.2 Å². The normalized spacial score (nSPS) is 11.3. The molecule has 0 aliphatic carbocycles. The van der Waals surface area contributed by atoms with Crippen LogP contribution in [-0.2, 0) is 17.5 Å². The van der Waals surface area contributed by atoms with Gasteiger partial charge < -0.3 is 14.0 Å². The third-order valence-corrected chi connectivity index (χ3v) is 3.69. The molecule has 0 saturated carbocycles. The molecule has 0 radical (unpaired) electrons. The lowest BCUT2D eigenvalue weighted by molar-refractivity contribution is -0.137. The molecule has 0 unspecified atom stereocenters.